The Balaban J connectivity index is 0.00000196. The predicted molar refractivity (Wildman–Crippen MR) is 72.0 cm³/mol. The molecule has 0 aromatic heterocycles. The normalized spacial score (nSPS) is 11.8. The molecular formula is C12H20ClOP. The first-order valence-corrected chi connectivity index (χ1v) is 5.80. The first kappa shape index (κ1) is 14.9. The molecule has 0 N–H and O–H groups in total. The van der Waals surface area contributed by atoms with Crippen molar-refractivity contribution in [3.05, 3.63) is 29.3 Å². The lowest BCUT2D eigenvalue weighted by molar-refractivity contribution is 0.159. The zero-order valence-electron chi connectivity index (χ0n) is 10.0. The number of rotatable bonds is 2. The van der Waals surface area contributed by atoms with Crippen LogP contribution in [0.3, 0.4) is 0 Å². The van der Waals surface area contributed by atoms with E-state index < -0.39 is 0 Å². The second-order valence-electron chi connectivity index (χ2n) is 4.69. The summed E-state index contributed by atoms with van der Waals surface area (Å²) in [6, 6.07) is 6.57. The smallest absolute Gasteiger partial charge is 0.0642 e. The van der Waals surface area contributed by atoms with Crippen LogP contribution in [0, 0.1) is 13.8 Å². The molecule has 15 heavy (non-hydrogen) atoms. The summed E-state index contributed by atoms with van der Waals surface area (Å²) >= 11 is 0. The molecule has 86 valence electrons. The average Bonchev–Trinajstić information content (AvgIpc) is 1.97. The largest absolute Gasteiger partial charge is 0.352 e. The van der Waals surface area contributed by atoms with Crippen LogP contribution >= 0.6 is 21.2 Å². The van der Waals surface area contributed by atoms with Crippen LogP contribution in [0.1, 0.15) is 31.9 Å². The van der Waals surface area contributed by atoms with Crippen molar-refractivity contribution in [3.63, 3.8) is 0 Å². The Labute approximate surface area is 101 Å². The number of hydrogen-bond donors (Lipinski definition) is 0. The molecule has 0 fully saturated rings. The molecule has 0 radical (unpaired) electrons. The van der Waals surface area contributed by atoms with Gasteiger partial charge in [-0.3, -0.25) is 0 Å². The fourth-order valence-electron chi connectivity index (χ4n) is 1.25. The number of halogens is 1. The standard InChI is InChI=1S/C12H19OP.ClH/c1-9-6-10(2)8-11(7-9)14-13-12(3,4)5;/h6-8,14H,1-5H3;1H. The zero-order chi connectivity index (χ0) is 10.8. The Hall–Kier alpha value is -0.100. The maximum Gasteiger partial charge on any atom is 0.0642 e. The Morgan fingerprint density at radius 2 is 1.47 bits per heavy atom. The molecule has 0 aliphatic carbocycles. The third-order valence-electron chi connectivity index (χ3n) is 1.70. The number of hydrogen-bond acceptors (Lipinski definition) is 1. The van der Waals surface area contributed by atoms with Crippen LogP contribution in [-0.4, -0.2) is 5.60 Å². The molecule has 0 amide bonds. The predicted octanol–water partition coefficient (Wildman–Crippen LogP) is 3.76. The molecule has 1 aromatic carbocycles. The van der Waals surface area contributed by atoms with E-state index in [1.165, 1.54) is 16.4 Å². The van der Waals surface area contributed by atoms with Crippen molar-refractivity contribution in [2.24, 2.45) is 0 Å². The van der Waals surface area contributed by atoms with Gasteiger partial charge in [-0.2, -0.15) is 0 Å². The van der Waals surface area contributed by atoms with Crippen LogP contribution in [0.15, 0.2) is 18.2 Å². The van der Waals surface area contributed by atoms with Gasteiger partial charge in [-0.05, 0) is 52.1 Å². The lowest BCUT2D eigenvalue weighted by Crippen LogP contribution is -2.15. The van der Waals surface area contributed by atoms with E-state index in [0.717, 1.165) is 0 Å². The molecule has 0 aliphatic rings. The van der Waals surface area contributed by atoms with Gasteiger partial charge in [0.2, 0.25) is 0 Å². The van der Waals surface area contributed by atoms with E-state index in [0.29, 0.717) is 8.81 Å². The van der Waals surface area contributed by atoms with E-state index in [4.69, 9.17) is 4.52 Å². The van der Waals surface area contributed by atoms with E-state index in [1.54, 1.807) is 0 Å². The summed E-state index contributed by atoms with van der Waals surface area (Å²) in [5.74, 6) is 0. The van der Waals surface area contributed by atoms with E-state index in [2.05, 4.69) is 52.8 Å². The van der Waals surface area contributed by atoms with Crippen molar-refractivity contribution in [3.8, 4) is 0 Å². The van der Waals surface area contributed by atoms with Gasteiger partial charge >= 0.3 is 0 Å². The second kappa shape index (κ2) is 5.84. The van der Waals surface area contributed by atoms with Crippen molar-refractivity contribution in [1.82, 2.24) is 0 Å². The number of aryl methyl sites for hydroxylation is 2. The topological polar surface area (TPSA) is 9.23 Å². The van der Waals surface area contributed by atoms with Crippen LogP contribution < -0.4 is 5.30 Å². The highest BCUT2D eigenvalue weighted by Gasteiger charge is 2.10. The minimum absolute atomic E-state index is 0. The van der Waals surface area contributed by atoms with Gasteiger partial charge in [0.15, 0.2) is 0 Å². The van der Waals surface area contributed by atoms with Gasteiger partial charge in [0.25, 0.3) is 0 Å². The van der Waals surface area contributed by atoms with Gasteiger partial charge in [-0.25, -0.2) is 0 Å². The number of benzene rings is 1. The van der Waals surface area contributed by atoms with Crippen molar-refractivity contribution in [2.45, 2.75) is 40.2 Å². The molecule has 0 saturated heterocycles. The Bertz CT molecular complexity index is 298. The monoisotopic (exact) mass is 246 g/mol. The van der Waals surface area contributed by atoms with E-state index in [1.807, 2.05) is 0 Å². The molecule has 0 spiro atoms. The van der Waals surface area contributed by atoms with Gasteiger partial charge in [0.1, 0.15) is 0 Å². The van der Waals surface area contributed by atoms with Gasteiger partial charge in [-0.1, -0.05) is 17.2 Å². The van der Waals surface area contributed by atoms with Crippen LogP contribution in [0.4, 0.5) is 0 Å². The van der Waals surface area contributed by atoms with Crippen molar-refractivity contribution in [2.75, 3.05) is 0 Å². The lowest BCUT2D eigenvalue weighted by atomic mass is 10.2. The summed E-state index contributed by atoms with van der Waals surface area (Å²) < 4.78 is 5.75. The first-order chi connectivity index (χ1) is 6.37. The molecule has 0 heterocycles. The van der Waals surface area contributed by atoms with Crippen molar-refractivity contribution < 1.29 is 4.52 Å². The molecule has 1 nitrogen and oxygen atoms in total. The summed E-state index contributed by atoms with van der Waals surface area (Å²) in [5, 5.41) is 1.29. The molecule has 0 bridgehead atoms. The maximum absolute atomic E-state index is 5.75. The third kappa shape index (κ3) is 6.14. The average molecular weight is 247 g/mol. The second-order valence-corrected chi connectivity index (χ2v) is 5.68. The first-order valence-electron chi connectivity index (χ1n) is 4.89. The van der Waals surface area contributed by atoms with E-state index in [-0.39, 0.29) is 18.0 Å². The Kier molecular flexibility index (Phi) is 5.80. The summed E-state index contributed by atoms with van der Waals surface area (Å²) in [7, 11) is 0.449. The quantitative estimate of drug-likeness (QED) is 0.722. The Morgan fingerprint density at radius 1 is 1.00 bits per heavy atom. The lowest BCUT2D eigenvalue weighted by Gasteiger charge is -2.19. The van der Waals surface area contributed by atoms with Gasteiger partial charge in [0, 0.05) is 8.81 Å². The van der Waals surface area contributed by atoms with Crippen LogP contribution in [-0.2, 0) is 4.52 Å². The van der Waals surface area contributed by atoms with E-state index >= 15 is 0 Å². The van der Waals surface area contributed by atoms with Gasteiger partial charge in [-0.15, -0.1) is 12.4 Å². The van der Waals surface area contributed by atoms with Crippen molar-refractivity contribution >= 4 is 26.5 Å². The minimum atomic E-state index is -0.0455. The zero-order valence-corrected chi connectivity index (χ0v) is 11.9. The highest BCUT2D eigenvalue weighted by atomic mass is 35.5. The molecule has 1 aromatic rings. The fraction of sp³-hybridized carbons (Fsp3) is 0.500. The van der Waals surface area contributed by atoms with Crippen molar-refractivity contribution in [1.29, 1.82) is 0 Å². The maximum atomic E-state index is 5.75. The molecule has 1 unspecified atom stereocenters. The van der Waals surface area contributed by atoms with Crippen LogP contribution in [0.2, 0.25) is 0 Å². The summed E-state index contributed by atoms with van der Waals surface area (Å²) in [4.78, 5) is 0. The van der Waals surface area contributed by atoms with Gasteiger partial charge in [0.05, 0.1) is 5.60 Å². The summed E-state index contributed by atoms with van der Waals surface area (Å²) in [6.07, 6.45) is 0. The molecular weight excluding hydrogens is 227 g/mol. The minimum Gasteiger partial charge on any atom is -0.352 e. The molecule has 0 aliphatic heterocycles. The summed E-state index contributed by atoms with van der Waals surface area (Å²) in [5.41, 5.74) is 2.57. The Morgan fingerprint density at radius 3 is 1.87 bits per heavy atom. The SMILES string of the molecule is Cc1cc(C)cc(POC(C)(C)C)c1.Cl. The van der Waals surface area contributed by atoms with Gasteiger partial charge < -0.3 is 4.52 Å². The fourth-order valence-corrected chi connectivity index (χ4v) is 2.24. The van der Waals surface area contributed by atoms with Crippen LogP contribution in [0.25, 0.3) is 0 Å². The molecule has 0 saturated carbocycles. The van der Waals surface area contributed by atoms with E-state index in [9.17, 15) is 0 Å². The highest BCUT2D eigenvalue weighted by molar-refractivity contribution is 7.42. The van der Waals surface area contributed by atoms with Crippen LogP contribution in [0.5, 0.6) is 0 Å². The summed E-state index contributed by atoms with van der Waals surface area (Å²) in [6.45, 7) is 10.5. The third-order valence-corrected chi connectivity index (χ3v) is 2.94. The highest BCUT2D eigenvalue weighted by Crippen LogP contribution is 2.22. The molecule has 1 atom stereocenters. The molecule has 1 rings (SSSR count). The molecule has 3 heteroatoms.